The van der Waals surface area contributed by atoms with E-state index in [0.29, 0.717) is 35.6 Å². The van der Waals surface area contributed by atoms with Crippen LogP contribution in [0, 0.1) is 12.7 Å². The fraction of sp³-hybridized carbons (Fsp3) is 0.211. The minimum Gasteiger partial charge on any atom is -0.497 e. The lowest BCUT2D eigenvalue weighted by molar-refractivity contribution is 0.415. The molecule has 0 N–H and O–H groups in total. The SMILES string of the molecule is COc1ccc2cc3c(nc2c1)N(S(=O)(=O)c1ccc(F)cc1C)CC3. The molecule has 0 fully saturated rings. The van der Waals surface area contributed by atoms with Gasteiger partial charge in [-0.15, -0.1) is 0 Å². The Hall–Kier alpha value is -2.67. The van der Waals surface area contributed by atoms with Crippen molar-refractivity contribution in [3.8, 4) is 5.75 Å². The molecule has 5 nitrogen and oxygen atoms in total. The number of hydrogen-bond acceptors (Lipinski definition) is 4. The second kappa shape index (κ2) is 5.95. The lowest BCUT2D eigenvalue weighted by atomic mass is 10.1. The van der Waals surface area contributed by atoms with Gasteiger partial charge in [0, 0.05) is 18.0 Å². The van der Waals surface area contributed by atoms with Crippen LogP contribution in [0.3, 0.4) is 0 Å². The summed E-state index contributed by atoms with van der Waals surface area (Å²) in [7, 11) is -2.24. The zero-order valence-corrected chi connectivity index (χ0v) is 15.2. The van der Waals surface area contributed by atoms with E-state index in [2.05, 4.69) is 4.98 Å². The van der Waals surface area contributed by atoms with Crippen LogP contribution in [-0.2, 0) is 16.4 Å². The molecule has 3 aromatic rings. The van der Waals surface area contributed by atoms with Crippen molar-refractivity contribution in [1.82, 2.24) is 4.98 Å². The number of ether oxygens (including phenoxy) is 1. The Morgan fingerprint density at radius 3 is 2.69 bits per heavy atom. The molecule has 0 aliphatic carbocycles. The summed E-state index contributed by atoms with van der Waals surface area (Å²) in [5.74, 6) is 0.626. The van der Waals surface area contributed by atoms with E-state index in [1.165, 1.54) is 16.4 Å². The average Bonchev–Trinajstić information content (AvgIpc) is 3.02. The molecule has 0 unspecified atom stereocenters. The van der Waals surface area contributed by atoms with Crippen LogP contribution in [0.2, 0.25) is 0 Å². The molecule has 1 aliphatic rings. The van der Waals surface area contributed by atoms with Crippen molar-refractivity contribution in [2.24, 2.45) is 0 Å². The lowest BCUT2D eigenvalue weighted by Crippen LogP contribution is -2.30. The van der Waals surface area contributed by atoms with Crippen LogP contribution in [0.4, 0.5) is 10.2 Å². The fourth-order valence-electron chi connectivity index (χ4n) is 3.29. The van der Waals surface area contributed by atoms with Gasteiger partial charge in [0.05, 0.1) is 17.5 Å². The van der Waals surface area contributed by atoms with Gasteiger partial charge in [-0.2, -0.15) is 0 Å². The summed E-state index contributed by atoms with van der Waals surface area (Å²) in [6, 6.07) is 11.2. The molecule has 4 rings (SSSR count). The molecule has 0 saturated heterocycles. The molecule has 1 aromatic heterocycles. The summed E-state index contributed by atoms with van der Waals surface area (Å²) in [6.45, 7) is 1.90. The Kier molecular flexibility index (Phi) is 3.84. The van der Waals surface area contributed by atoms with Crippen LogP contribution in [0.15, 0.2) is 47.4 Å². The number of aromatic nitrogens is 1. The Labute approximate surface area is 151 Å². The Morgan fingerprint density at radius 2 is 1.96 bits per heavy atom. The van der Waals surface area contributed by atoms with Crippen LogP contribution in [0.25, 0.3) is 10.9 Å². The minimum absolute atomic E-state index is 0.0966. The smallest absolute Gasteiger partial charge is 0.265 e. The average molecular weight is 372 g/mol. The van der Waals surface area contributed by atoms with Gasteiger partial charge < -0.3 is 4.74 Å². The predicted octanol–water partition coefficient (Wildman–Crippen LogP) is 3.44. The number of pyridine rings is 1. The van der Waals surface area contributed by atoms with E-state index in [-0.39, 0.29) is 4.90 Å². The standard InChI is InChI=1S/C19H17FN2O3S/c1-12-9-15(20)4-6-18(12)26(23,24)22-8-7-14-10-13-3-5-16(25-2)11-17(13)21-19(14)22/h3-6,9-11H,7-8H2,1-2H3. The third kappa shape index (κ3) is 2.59. The molecule has 0 radical (unpaired) electrons. The number of aryl methyl sites for hydroxylation is 1. The molecular weight excluding hydrogens is 355 g/mol. The van der Waals surface area contributed by atoms with E-state index in [0.717, 1.165) is 17.0 Å². The third-order valence-corrected chi connectivity index (χ3v) is 6.56. The monoisotopic (exact) mass is 372 g/mol. The zero-order valence-electron chi connectivity index (χ0n) is 14.4. The van der Waals surface area contributed by atoms with Crippen LogP contribution < -0.4 is 9.04 Å². The van der Waals surface area contributed by atoms with E-state index in [9.17, 15) is 12.8 Å². The number of sulfonamides is 1. The number of fused-ring (bicyclic) bond motifs is 2. The van der Waals surface area contributed by atoms with Gasteiger partial charge in [-0.05, 0) is 60.9 Å². The third-order valence-electron chi connectivity index (χ3n) is 4.61. The van der Waals surface area contributed by atoms with Crippen molar-refractivity contribution in [3.05, 3.63) is 59.4 Å². The van der Waals surface area contributed by atoms with Gasteiger partial charge in [-0.1, -0.05) is 0 Å². The highest BCUT2D eigenvalue weighted by atomic mass is 32.2. The molecule has 7 heteroatoms. The number of hydrogen-bond donors (Lipinski definition) is 0. The molecule has 2 heterocycles. The minimum atomic E-state index is -3.81. The van der Waals surface area contributed by atoms with Gasteiger partial charge in [0.1, 0.15) is 17.4 Å². The van der Waals surface area contributed by atoms with E-state index in [1.807, 2.05) is 18.2 Å². The first-order chi connectivity index (χ1) is 12.4. The van der Waals surface area contributed by atoms with Crippen LogP contribution in [0.1, 0.15) is 11.1 Å². The van der Waals surface area contributed by atoms with Crippen LogP contribution >= 0.6 is 0 Å². The van der Waals surface area contributed by atoms with E-state index < -0.39 is 15.8 Å². The lowest BCUT2D eigenvalue weighted by Gasteiger charge is -2.20. The van der Waals surface area contributed by atoms with Gasteiger partial charge in [-0.3, -0.25) is 0 Å². The second-order valence-corrected chi connectivity index (χ2v) is 8.10. The highest BCUT2D eigenvalue weighted by Gasteiger charge is 2.33. The van der Waals surface area contributed by atoms with E-state index in [4.69, 9.17) is 4.74 Å². The van der Waals surface area contributed by atoms with Crippen molar-refractivity contribution < 1.29 is 17.5 Å². The van der Waals surface area contributed by atoms with Gasteiger partial charge in [0.25, 0.3) is 10.0 Å². The quantitative estimate of drug-likeness (QED) is 0.707. The number of rotatable bonds is 3. The van der Waals surface area contributed by atoms with Gasteiger partial charge in [0.2, 0.25) is 0 Å². The van der Waals surface area contributed by atoms with E-state index in [1.54, 1.807) is 20.1 Å². The summed E-state index contributed by atoms with van der Waals surface area (Å²) in [6.07, 6.45) is 0.587. The van der Waals surface area contributed by atoms with Gasteiger partial charge >= 0.3 is 0 Å². The zero-order chi connectivity index (χ0) is 18.5. The maximum atomic E-state index is 13.4. The first kappa shape index (κ1) is 16.8. The second-order valence-electron chi connectivity index (χ2n) is 6.27. The highest BCUT2D eigenvalue weighted by molar-refractivity contribution is 7.92. The first-order valence-corrected chi connectivity index (χ1v) is 9.61. The largest absolute Gasteiger partial charge is 0.497 e. The Balaban J connectivity index is 1.85. The molecule has 26 heavy (non-hydrogen) atoms. The fourth-order valence-corrected chi connectivity index (χ4v) is 4.95. The number of anilines is 1. The molecule has 2 aromatic carbocycles. The summed E-state index contributed by atoms with van der Waals surface area (Å²) in [4.78, 5) is 4.67. The number of halogens is 1. The van der Waals surface area contributed by atoms with Crippen molar-refractivity contribution in [1.29, 1.82) is 0 Å². The van der Waals surface area contributed by atoms with Gasteiger partial charge in [-0.25, -0.2) is 22.1 Å². The van der Waals surface area contributed by atoms with Crippen molar-refractivity contribution in [3.63, 3.8) is 0 Å². The predicted molar refractivity (Wildman–Crippen MR) is 97.7 cm³/mol. The summed E-state index contributed by atoms with van der Waals surface area (Å²) < 4.78 is 46.2. The summed E-state index contributed by atoms with van der Waals surface area (Å²) in [5.41, 5.74) is 1.92. The molecule has 0 bridgehead atoms. The molecular formula is C19H17FN2O3S. The van der Waals surface area contributed by atoms with Crippen molar-refractivity contribution in [2.75, 3.05) is 18.0 Å². The maximum Gasteiger partial charge on any atom is 0.265 e. The molecule has 0 saturated carbocycles. The highest BCUT2D eigenvalue weighted by Crippen LogP contribution is 2.35. The number of benzene rings is 2. The molecule has 0 atom stereocenters. The summed E-state index contributed by atoms with van der Waals surface area (Å²) >= 11 is 0. The Bertz CT molecular complexity index is 1130. The summed E-state index contributed by atoms with van der Waals surface area (Å²) in [5, 5.41) is 0.932. The van der Waals surface area contributed by atoms with E-state index >= 15 is 0 Å². The number of nitrogens with zero attached hydrogens (tertiary/aromatic N) is 2. The van der Waals surface area contributed by atoms with Crippen molar-refractivity contribution >= 4 is 26.7 Å². The molecule has 134 valence electrons. The van der Waals surface area contributed by atoms with Crippen LogP contribution in [0.5, 0.6) is 5.75 Å². The topological polar surface area (TPSA) is 59.5 Å². The number of methoxy groups -OCH3 is 1. The molecule has 1 aliphatic heterocycles. The molecule has 0 amide bonds. The Morgan fingerprint density at radius 1 is 1.15 bits per heavy atom. The normalized spacial score (nSPS) is 13.9. The first-order valence-electron chi connectivity index (χ1n) is 8.17. The van der Waals surface area contributed by atoms with Gasteiger partial charge in [0.15, 0.2) is 0 Å². The van der Waals surface area contributed by atoms with Crippen LogP contribution in [-0.4, -0.2) is 27.1 Å². The van der Waals surface area contributed by atoms with Crippen molar-refractivity contribution in [2.45, 2.75) is 18.2 Å². The molecule has 0 spiro atoms. The maximum absolute atomic E-state index is 13.4.